The lowest BCUT2D eigenvalue weighted by molar-refractivity contribution is -0.137. The van der Waals surface area contributed by atoms with Crippen molar-refractivity contribution in [2.24, 2.45) is 0 Å². The SMILES string of the molecule is CCNCCS(=O)(=O)NCc1cccc(C(F)(F)F)c1. The van der Waals surface area contributed by atoms with E-state index in [9.17, 15) is 21.6 Å². The lowest BCUT2D eigenvalue weighted by Crippen LogP contribution is -2.31. The van der Waals surface area contributed by atoms with Crippen LogP contribution >= 0.6 is 0 Å². The summed E-state index contributed by atoms with van der Waals surface area (Å²) in [5, 5.41) is 2.86. The van der Waals surface area contributed by atoms with Crippen molar-refractivity contribution in [2.75, 3.05) is 18.8 Å². The zero-order valence-corrected chi connectivity index (χ0v) is 11.8. The molecule has 0 amide bonds. The molecule has 2 N–H and O–H groups in total. The van der Waals surface area contributed by atoms with Crippen molar-refractivity contribution < 1.29 is 21.6 Å². The number of hydrogen-bond donors (Lipinski definition) is 2. The molecular formula is C12H17F3N2O2S. The molecule has 0 atom stereocenters. The van der Waals surface area contributed by atoms with Gasteiger partial charge in [-0.25, -0.2) is 13.1 Å². The highest BCUT2D eigenvalue weighted by molar-refractivity contribution is 7.89. The third-order valence-electron chi connectivity index (χ3n) is 2.55. The van der Waals surface area contributed by atoms with Gasteiger partial charge >= 0.3 is 6.18 Å². The molecule has 0 heterocycles. The number of sulfonamides is 1. The zero-order valence-electron chi connectivity index (χ0n) is 11.0. The fourth-order valence-corrected chi connectivity index (χ4v) is 2.45. The van der Waals surface area contributed by atoms with E-state index in [1.54, 1.807) is 0 Å². The van der Waals surface area contributed by atoms with Crippen LogP contribution in [0.3, 0.4) is 0 Å². The molecule has 0 fully saturated rings. The highest BCUT2D eigenvalue weighted by atomic mass is 32.2. The van der Waals surface area contributed by atoms with Gasteiger partial charge in [0.2, 0.25) is 10.0 Å². The van der Waals surface area contributed by atoms with Gasteiger partial charge < -0.3 is 5.32 Å². The maximum absolute atomic E-state index is 12.5. The molecule has 1 rings (SSSR count). The van der Waals surface area contributed by atoms with Gasteiger partial charge in [-0.15, -0.1) is 0 Å². The van der Waals surface area contributed by atoms with Crippen molar-refractivity contribution in [1.29, 1.82) is 0 Å². The molecule has 1 aromatic carbocycles. The first-order valence-corrected chi connectivity index (χ1v) is 7.74. The maximum Gasteiger partial charge on any atom is 0.416 e. The number of benzene rings is 1. The van der Waals surface area contributed by atoms with Gasteiger partial charge in [0, 0.05) is 13.1 Å². The quantitative estimate of drug-likeness (QED) is 0.754. The van der Waals surface area contributed by atoms with Crippen molar-refractivity contribution in [1.82, 2.24) is 10.0 Å². The zero-order chi connectivity index (χ0) is 15.2. The van der Waals surface area contributed by atoms with E-state index in [1.807, 2.05) is 6.92 Å². The Bertz CT molecular complexity index is 530. The number of halogens is 3. The normalized spacial score (nSPS) is 12.6. The molecule has 0 aliphatic carbocycles. The van der Waals surface area contributed by atoms with Crippen LogP contribution in [0.25, 0.3) is 0 Å². The first-order chi connectivity index (χ1) is 9.24. The average molecular weight is 310 g/mol. The Kier molecular flexibility index (Phi) is 5.97. The van der Waals surface area contributed by atoms with Crippen LogP contribution in [0.5, 0.6) is 0 Å². The van der Waals surface area contributed by atoms with Crippen LogP contribution in [-0.4, -0.2) is 27.3 Å². The van der Waals surface area contributed by atoms with Crippen LogP contribution in [0.15, 0.2) is 24.3 Å². The Hall–Kier alpha value is -1.12. The minimum absolute atomic E-state index is 0.111. The van der Waals surface area contributed by atoms with Crippen molar-refractivity contribution in [2.45, 2.75) is 19.6 Å². The predicted molar refractivity (Wildman–Crippen MR) is 70.6 cm³/mol. The first kappa shape index (κ1) is 16.9. The van der Waals surface area contributed by atoms with E-state index in [2.05, 4.69) is 10.0 Å². The highest BCUT2D eigenvalue weighted by Gasteiger charge is 2.30. The molecule has 8 heteroatoms. The molecule has 0 aromatic heterocycles. The van der Waals surface area contributed by atoms with Gasteiger partial charge in [0.1, 0.15) is 0 Å². The molecule has 20 heavy (non-hydrogen) atoms. The van der Waals surface area contributed by atoms with E-state index >= 15 is 0 Å². The van der Waals surface area contributed by atoms with Crippen LogP contribution in [-0.2, 0) is 22.7 Å². The summed E-state index contributed by atoms with van der Waals surface area (Å²) >= 11 is 0. The number of alkyl halides is 3. The fourth-order valence-electron chi connectivity index (χ4n) is 1.51. The molecule has 4 nitrogen and oxygen atoms in total. The molecule has 114 valence electrons. The maximum atomic E-state index is 12.5. The van der Waals surface area contributed by atoms with Gasteiger partial charge in [0.25, 0.3) is 0 Å². The van der Waals surface area contributed by atoms with E-state index in [-0.39, 0.29) is 17.9 Å². The van der Waals surface area contributed by atoms with Crippen LogP contribution in [0, 0.1) is 0 Å². The van der Waals surface area contributed by atoms with Crippen LogP contribution in [0.4, 0.5) is 13.2 Å². The number of nitrogens with one attached hydrogen (secondary N) is 2. The summed E-state index contributed by atoms with van der Waals surface area (Å²) in [7, 11) is -3.49. The molecule has 0 saturated carbocycles. The second-order valence-electron chi connectivity index (χ2n) is 4.19. The van der Waals surface area contributed by atoms with E-state index in [4.69, 9.17) is 0 Å². The largest absolute Gasteiger partial charge is 0.416 e. The van der Waals surface area contributed by atoms with Gasteiger partial charge in [-0.2, -0.15) is 13.2 Å². The van der Waals surface area contributed by atoms with Gasteiger partial charge in [-0.3, -0.25) is 0 Å². The minimum Gasteiger partial charge on any atom is -0.316 e. The molecule has 0 radical (unpaired) electrons. The fraction of sp³-hybridized carbons (Fsp3) is 0.500. The minimum atomic E-state index is -4.43. The summed E-state index contributed by atoms with van der Waals surface area (Å²) in [6.45, 7) is 2.65. The van der Waals surface area contributed by atoms with Crippen molar-refractivity contribution in [3.8, 4) is 0 Å². The smallest absolute Gasteiger partial charge is 0.316 e. The van der Waals surface area contributed by atoms with E-state index < -0.39 is 21.8 Å². The Balaban J connectivity index is 2.62. The predicted octanol–water partition coefficient (Wildman–Crippen LogP) is 1.73. The van der Waals surface area contributed by atoms with Gasteiger partial charge in [-0.05, 0) is 18.2 Å². The molecule has 0 aliphatic rings. The van der Waals surface area contributed by atoms with Crippen LogP contribution in [0.1, 0.15) is 18.1 Å². The Morgan fingerprint density at radius 1 is 1.25 bits per heavy atom. The standard InChI is InChI=1S/C12H17F3N2O2S/c1-2-16-6-7-20(18,19)17-9-10-4-3-5-11(8-10)12(13,14)15/h3-5,8,16-17H,2,6-7,9H2,1H3. The van der Waals surface area contributed by atoms with Gasteiger partial charge in [0.05, 0.1) is 11.3 Å². The van der Waals surface area contributed by atoms with E-state index in [1.165, 1.54) is 12.1 Å². The molecule has 0 bridgehead atoms. The van der Waals surface area contributed by atoms with Crippen LogP contribution in [0.2, 0.25) is 0 Å². The average Bonchev–Trinajstić information content (AvgIpc) is 2.36. The van der Waals surface area contributed by atoms with Crippen molar-refractivity contribution in [3.05, 3.63) is 35.4 Å². The summed E-state index contributed by atoms with van der Waals surface area (Å²) in [6.07, 6.45) is -4.43. The second kappa shape index (κ2) is 7.05. The molecule has 0 unspecified atom stereocenters. The van der Waals surface area contributed by atoms with E-state index in [0.29, 0.717) is 13.1 Å². The van der Waals surface area contributed by atoms with Gasteiger partial charge in [-0.1, -0.05) is 25.1 Å². The number of hydrogen-bond acceptors (Lipinski definition) is 3. The van der Waals surface area contributed by atoms with Crippen molar-refractivity contribution in [3.63, 3.8) is 0 Å². The lowest BCUT2D eigenvalue weighted by atomic mass is 10.1. The molecule has 0 aliphatic heterocycles. The third kappa shape index (κ3) is 5.89. The summed E-state index contributed by atoms with van der Waals surface area (Å²) in [5.74, 6) is -0.111. The summed E-state index contributed by atoms with van der Waals surface area (Å²) in [4.78, 5) is 0. The first-order valence-electron chi connectivity index (χ1n) is 6.09. The molecule has 1 aromatic rings. The second-order valence-corrected chi connectivity index (χ2v) is 6.12. The summed E-state index contributed by atoms with van der Waals surface area (Å²) < 4.78 is 63.0. The Labute approximate surface area is 116 Å². The topological polar surface area (TPSA) is 58.2 Å². The molecule has 0 saturated heterocycles. The number of rotatable bonds is 7. The highest BCUT2D eigenvalue weighted by Crippen LogP contribution is 2.29. The van der Waals surface area contributed by atoms with Crippen molar-refractivity contribution >= 4 is 10.0 Å². The summed E-state index contributed by atoms with van der Waals surface area (Å²) in [5.41, 5.74) is -0.520. The molecular weight excluding hydrogens is 293 g/mol. The Morgan fingerprint density at radius 3 is 2.55 bits per heavy atom. The Morgan fingerprint density at radius 2 is 1.95 bits per heavy atom. The summed E-state index contributed by atoms with van der Waals surface area (Å²) in [6, 6.07) is 4.59. The third-order valence-corrected chi connectivity index (χ3v) is 3.87. The monoisotopic (exact) mass is 310 g/mol. The molecule has 0 spiro atoms. The lowest BCUT2D eigenvalue weighted by Gasteiger charge is -2.10. The van der Waals surface area contributed by atoms with Gasteiger partial charge in [0.15, 0.2) is 0 Å². The van der Waals surface area contributed by atoms with E-state index in [0.717, 1.165) is 12.1 Å². The van der Waals surface area contributed by atoms with Crippen LogP contribution < -0.4 is 10.0 Å².